The molecule has 0 saturated carbocycles. The number of hydrogen-bond donors (Lipinski definition) is 2. The Balaban J connectivity index is 1.92. The Morgan fingerprint density at radius 3 is 3.00 bits per heavy atom. The van der Waals surface area contributed by atoms with Gasteiger partial charge in [0.2, 0.25) is 0 Å². The minimum Gasteiger partial charge on any atom is -0.399 e. The van der Waals surface area contributed by atoms with E-state index in [1.807, 2.05) is 24.3 Å². The molecule has 3 heteroatoms. The van der Waals surface area contributed by atoms with Crippen molar-refractivity contribution in [3.63, 3.8) is 0 Å². The Morgan fingerprint density at radius 2 is 2.22 bits per heavy atom. The number of nitrogen functional groups attached to an aromatic ring is 1. The molecule has 2 rings (SSSR count). The van der Waals surface area contributed by atoms with E-state index in [4.69, 9.17) is 5.73 Å². The summed E-state index contributed by atoms with van der Waals surface area (Å²) >= 11 is 0. The summed E-state index contributed by atoms with van der Waals surface area (Å²) in [5.74, 6) is 0.819. The lowest BCUT2D eigenvalue weighted by atomic mass is 10.0. The van der Waals surface area contributed by atoms with E-state index in [9.17, 15) is 5.11 Å². The van der Waals surface area contributed by atoms with Gasteiger partial charge in [-0.2, -0.15) is 0 Å². The number of aliphatic hydroxyl groups excluding tert-OH is 1. The van der Waals surface area contributed by atoms with E-state index in [-0.39, 0.29) is 0 Å². The number of nitrogens with two attached hydrogens (primary N) is 1. The number of β-amino-alcohol motifs (C(OH)–C–C–N with tert-alkyl or cyclic N) is 1. The molecule has 0 spiro atoms. The SMILES string of the molecule is CC1CCCN(CC(O)c2cccc(N)c2)CC1. The van der Waals surface area contributed by atoms with Crippen LogP contribution in [-0.2, 0) is 0 Å². The molecule has 2 unspecified atom stereocenters. The average Bonchev–Trinajstić information content (AvgIpc) is 2.54. The molecule has 1 fully saturated rings. The van der Waals surface area contributed by atoms with Gasteiger partial charge in [0, 0.05) is 12.2 Å². The third kappa shape index (κ3) is 3.72. The van der Waals surface area contributed by atoms with Crippen molar-refractivity contribution < 1.29 is 5.11 Å². The summed E-state index contributed by atoms with van der Waals surface area (Å²) in [7, 11) is 0. The lowest BCUT2D eigenvalue weighted by molar-refractivity contribution is 0.114. The molecule has 3 N–H and O–H groups in total. The smallest absolute Gasteiger partial charge is 0.0917 e. The average molecular weight is 248 g/mol. The molecule has 18 heavy (non-hydrogen) atoms. The monoisotopic (exact) mass is 248 g/mol. The third-order valence-corrected chi connectivity index (χ3v) is 3.84. The number of likely N-dealkylation sites (tertiary alicyclic amines) is 1. The second kappa shape index (κ2) is 6.21. The number of hydrogen-bond acceptors (Lipinski definition) is 3. The van der Waals surface area contributed by atoms with Gasteiger partial charge in [-0.15, -0.1) is 0 Å². The largest absolute Gasteiger partial charge is 0.399 e. The van der Waals surface area contributed by atoms with Gasteiger partial charge in [-0.1, -0.05) is 19.1 Å². The summed E-state index contributed by atoms with van der Waals surface area (Å²) in [6.45, 7) is 5.23. The maximum Gasteiger partial charge on any atom is 0.0917 e. The zero-order valence-corrected chi connectivity index (χ0v) is 11.2. The van der Waals surface area contributed by atoms with Crippen LogP contribution in [0.15, 0.2) is 24.3 Å². The summed E-state index contributed by atoms with van der Waals surface area (Å²) in [5, 5.41) is 10.3. The summed E-state index contributed by atoms with van der Waals surface area (Å²) < 4.78 is 0. The fraction of sp³-hybridized carbons (Fsp3) is 0.600. The molecule has 0 amide bonds. The summed E-state index contributed by atoms with van der Waals surface area (Å²) in [5.41, 5.74) is 7.39. The predicted octanol–water partition coefficient (Wildman–Crippen LogP) is 2.42. The van der Waals surface area contributed by atoms with E-state index in [0.29, 0.717) is 0 Å². The van der Waals surface area contributed by atoms with Crippen LogP contribution in [-0.4, -0.2) is 29.6 Å². The fourth-order valence-electron chi connectivity index (χ4n) is 2.62. The molecule has 0 aromatic heterocycles. The normalized spacial score (nSPS) is 23.6. The zero-order valence-electron chi connectivity index (χ0n) is 11.2. The third-order valence-electron chi connectivity index (χ3n) is 3.84. The molecule has 1 aliphatic heterocycles. The van der Waals surface area contributed by atoms with E-state index in [1.165, 1.54) is 19.3 Å². The van der Waals surface area contributed by atoms with Crippen LogP contribution in [0.1, 0.15) is 37.9 Å². The first-order valence-electron chi connectivity index (χ1n) is 6.91. The minimum atomic E-state index is -0.429. The van der Waals surface area contributed by atoms with Gasteiger partial charge in [0.25, 0.3) is 0 Å². The predicted molar refractivity (Wildman–Crippen MR) is 75.3 cm³/mol. The Labute approximate surface area is 110 Å². The van der Waals surface area contributed by atoms with Crippen molar-refractivity contribution in [2.45, 2.75) is 32.3 Å². The Bertz CT molecular complexity index is 381. The number of nitrogens with zero attached hydrogens (tertiary/aromatic N) is 1. The molecular formula is C15H24N2O. The van der Waals surface area contributed by atoms with Crippen molar-refractivity contribution in [3.8, 4) is 0 Å². The van der Waals surface area contributed by atoms with Crippen molar-refractivity contribution in [2.24, 2.45) is 5.92 Å². The van der Waals surface area contributed by atoms with Crippen molar-refractivity contribution >= 4 is 5.69 Å². The number of anilines is 1. The van der Waals surface area contributed by atoms with Crippen LogP contribution in [0, 0.1) is 5.92 Å². The Hall–Kier alpha value is -1.06. The molecule has 2 atom stereocenters. The van der Waals surface area contributed by atoms with Gasteiger partial charge in [0.05, 0.1) is 6.10 Å². The molecule has 1 saturated heterocycles. The van der Waals surface area contributed by atoms with Crippen molar-refractivity contribution in [1.29, 1.82) is 0 Å². The van der Waals surface area contributed by atoms with Crippen molar-refractivity contribution in [2.75, 3.05) is 25.4 Å². The second-order valence-electron chi connectivity index (χ2n) is 5.52. The van der Waals surface area contributed by atoms with Gasteiger partial charge in [0.15, 0.2) is 0 Å². The number of benzene rings is 1. The van der Waals surface area contributed by atoms with Gasteiger partial charge < -0.3 is 15.7 Å². The summed E-state index contributed by atoms with van der Waals surface area (Å²) in [6.07, 6.45) is 3.36. The van der Waals surface area contributed by atoms with Crippen molar-refractivity contribution in [3.05, 3.63) is 29.8 Å². The highest BCUT2D eigenvalue weighted by molar-refractivity contribution is 5.41. The maximum atomic E-state index is 10.3. The fourth-order valence-corrected chi connectivity index (χ4v) is 2.62. The molecule has 100 valence electrons. The highest BCUT2D eigenvalue weighted by Crippen LogP contribution is 2.21. The van der Waals surface area contributed by atoms with Crippen LogP contribution in [0.5, 0.6) is 0 Å². The molecule has 3 nitrogen and oxygen atoms in total. The maximum absolute atomic E-state index is 10.3. The van der Waals surface area contributed by atoms with Crippen LogP contribution in [0.3, 0.4) is 0 Å². The van der Waals surface area contributed by atoms with Crippen molar-refractivity contribution in [1.82, 2.24) is 4.90 Å². The molecule has 0 bridgehead atoms. The molecule has 1 aliphatic rings. The standard InChI is InChI=1S/C15H24N2O/c1-12-4-3-8-17(9-7-12)11-15(18)13-5-2-6-14(16)10-13/h2,5-6,10,12,15,18H,3-4,7-9,11,16H2,1H3. The highest BCUT2D eigenvalue weighted by Gasteiger charge is 2.17. The van der Waals surface area contributed by atoms with E-state index in [1.54, 1.807) is 0 Å². The number of rotatable bonds is 3. The lowest BCUT2D eigenvalue weighted by Crippen LogP contribution is -2.29. The quantitative estimate of drug-likeness (QED) is 0.808. The molecule has 1 heterocycles. The van der Waals surface area contributed by atoms with Gasteiger partial charge in [-0.3, -0.25) is 0 Å². The first-order chi connectivity index (χ1) is 8.65. The zero-order chi connectivity index (χ0) is 13.0. The van der Waals surface area contributed by atoms with Crippen LogP contribution >= 0.6 is 0 Å². The Kier molecular flexibility index (Phi) is 4.61. The van der Waals surface area contributed by atoms with E-state index in [0.717, 1.165) is 36.8 Å². The molecule has 1 aromatic carbocycles. The van der Waals surface area contributed by atoms with Crippen LogP contribution in [0.2, 0.25) is 0 Å². The number of aliphatic hydroxyl groups is 1. The van der Waals surface area contributed by atoms with E-state index >= 15 is 0 Å². The first kappa shape index (κ1) is 13.4. The molecule has 0 aliphatic carbocycles. The lowest BCUT2D eigenvalue weighted by Gasteiger charge is -2.23. The van der Waals surface area contributed by atoms with Gasteiger partial charge >= 0.3 is 0 Å². The Morgan fingerprint density at radius 1 is 1.39 bits per heavy atom. The van der Waals surface area contributed by atoms with Crippen LogP contribution < -0.4 is 5.73 Å². The van der Waals surface area contributed by atoms with Gasteiger partial charge in [-0.25, -0.2) is 0 Å². The first-order valence-corrected chi connectivity index (χ1v) is 6.91. The topological polar surface area (TPSA) is 49.5 Å². The minimum absolute atomic E-state index is 0.429. The molecular weight excluding hydrogens is 224 g/mol. The van der Waals surface area contributed by atoms with Gasteiger partial charge in [-0.05, 0) is 56.0 Å². The van der Waals surface area contributed by atoms with Gasteiger partial charge in [0.1, 0.15) is 0 Å². The molecule has 1 aromatic rings. The summed E-state index contributed by atoms with van der Waals surface area (Å²) in [6, 6.07) is 7.56. The molecule has 0 radical (unpaired) electrons. The van der Waals surface area contributed by atoms with E-state index in [2.05, 4.69) is 11.8 Å². The van der Waals surface area contributed by atoms with Crippen LogP contribution in [0.25, 0.3) is 0 Å². The summed E-state index contributed by atoms with van der Waals surface area (Å²) in [4.78, 5) is 2.37. The van der Waals surface area contributed by atoms with E-state index < -0.39 is 6.10 Å². The highest BCUT2D eigenvalue weighted by atomic mass is 16.3. The second-order valence-corrected chi connectivity index (χ2v) is 5.52. The van der Waals surface area contributed by atoms with Crippen LogP contribution in [0.4, 0.5) is 5.69 Å².